The summed E-state index contributed by atoms with van der Waals surface area (Å²) in [6.07, 6.45) is 4.81. The minimum atomic E-state index is -0.504. The van der Waals surface area contributed by atoms with E-state index in [1.165, 1.54) is 12.2 Å². The molecule has 4 rings (SSSR count). The van der Waals surface area contributed by atoms with Gasteiger partial charge in [-0.1, -0.05) is 58.3 Å². The van der Waals surface area contributed by atoms with E-state index in [0.29, 0.717) is 29.0 Å². The van der Waals surface area contributed by atoms with E-state index in [-0.39, 0.29) is 12.2 Å². The molecule has 0 aliphatic carbocycles. The van der Waals surface area contributed by atoms with E-state index < -0.39 is 17.9 Å². The van der Waals surface area contributed by atoms with E-state index in [2.05, 4.69) is 6.92 Å². The Morgan fingerprint density at radius 3 is 2.68 bits per heavy atom. The van der Waals surface area contributed by atoms with Crippen molar-refractivity contribution < 1.29 is 19.1 Å². The van der Waals surface area contributed by atoms with Crippen LogP contribution in [0.15, 0.2) is 42.5 Å². The van der Waals surface area contributed by atoms with Gasteiger partial charge < -0.3 is 9.30 Å². The predicted molar refractivity (Wildman–Crippen MR) is 124 cm³/mol. The van der Waals surface area contributed by atoms with Gasteiger partial charge in [-0.25, -0.2) is 0 Å². The van der Waals surface area contributed by atoms with Crippen LogP contribution in [0.5, 0.6) is 0 Å². The van der Waals surface area contributed by atoms with Gasteiger partial charge in [-0.2, -0.15) is 0 Å². The summed E-state index contributed by atoms with van der Waals surface area (Å²) in [4.78, 5) is 37.6. The van der Waals surface area contributed by atoms with Gasteiger partial charge in [0.05, 0.1) is 11.6 Å². The van der Waals surface area contributed by atoms with Crippen molar-refractivity contribution in [3.63, 3.8) is 0 Å². The highest BCUT2D eigenvalue weighted by atomic mass is 33.1. The van der Waals surface area contributed by atoms with E-state index in [9.17, 15) is 14.4 Å². The molecule has 1 unspecified atom stereocenters. The molecule has 3 heterocycles. The lowest BCUT2D eigenvalue weighted by atomic mass is 9.99. The molecule has 1 aromatic heterocycles. The normalized spacial score (nSPS) is 22.3. The summed E-state index contributed by atoms with van der Waals surface area (Å²) >= 11 is 0. The Balaban J connectivity index is 1.29. The molecule has 2 aromatic rings. The Kier molecular flexibility index (Phi) is 6.92. The summed E-state index contributed by atoms with van der Waals surface area (Å²) in [5.74, 6) is -0.319. The van der Waals surface area contributed by atoms with Crippen molar-refractivity contribution in [2.75, 3.05) is 5.75 Å². The topological polar surface area (TPSA) is 65.4 Å². The number of hydrogen-bond acceptors (Lipinski definition) is 6. The third-order valence-corrected chi connectivity index (χ3v) is 9.45. The van der Waals surface area contributed by atoms with Gasteiger partial charge in [0.15, 0.2) is 0 Å². The number of carbonyl (C=O) groups is 3. The lowest BCUT2D eigenvalue weighted by molar-refractivity contribution is -0.160. The Labute approximate surface area is 190 Å². The Bertz CT molecular complexity index is 963. The maximum absolute atomic E-state index is 12.8. The van der Waals surface area contributed by atoms with Crippen LogP contribution < -0.4 is 0 Å². The number of fused-ring (bicyclic) bond motifs is 1. The Morgan fingerprint density at radius 1 is 1.13 bits per heavy atom. The number of ketones is 1. The van der Waals surface area contributed by atoms with Crippen molar-refractivity contribution >= 4 is 39.3 Å². The number of nitrogens with zero attached hydrogens (tertiary/aromatic N) is 1. The number of rotatable bonds is 8. The average molecular weight is 458 g/mol. The summed E-state index contributed by atoms with van der Waals surface area (Å²) in [5.41, 5.74) is 1.94. The molecule has 0 radical (unpaired) electrons. The molecule has 0 N–H and O–H groups in total. The van der Waals surface area contributed by atoms with Crippen LogP contribution in [0.2, 0.25) is 0 Å². The number of aromatic nitrogens is 1. The van der Waals surface area contributed by atoms with Crippen molar-refractivity contribution in [2.24, 2.45) is 0 Å². The van der Waals surface area contributed by atoms with Crippen LogP contribution in [-0.2, 0) is 20.9 Å². The first-order valence-corrected chi connectivity index (χ1v) is 13.1. The van der Waals surface area contributed by atoms with Crippen LogP contribution in [-0.4, -0.2) is 32.8 Å². The minimum absolute atomic E-state index is 0.0653. The summed E-state index contributed by atoms with van der Waals surface area (Å²) in [6, 6.07) is 12.7. The summed E-state index contributed by atoms with van der Waals surface area (Å²) in [6.45, 7) is 2.85. The molecule has 0 amide bonds. The van der Waals surface area contributed by atoms with Gasteiger partial charge in [0.25, 0.3) is 0 Å². The molecule has 1 aromatic carbocycles. The number of benzene rings is 1. The number of carbonyl (C=O) groups excluding carboxylic acids is 3. The van der Waals surface area contributed by atoms with Crippen LogP contribution in [0.4, 0.5) is 0 Å². The van der Waals surface area contributed by atoms with Gasteiger partial charge in [-0.3, -0.25) is 14.4 Å². The van der Waals surface area contributed by atoms with Crippen LogP contribution >= 0.6 is 21.6 Å². The van der Waals surface area contributed by atoms with Crippen molar-refractivity contribution in [2.45, 2.75) is 62.7 Å². The molecule has 0 bridgehead atoms. The molecule has 1 fully saturated rings. The fourth-order valence-electron chi connectivity index (χ4n) is 4.27. The highest BCUT2D eigenvalue weighted by molar-refractivity contribution is 8.77. The molecule has 0 spiro atoms. The van der Waals surface area contributed by atoms with Crippen LogP contribution in [0.25, 0.3) is 0 Å². The first-order valence-electron chi connectivity index (χ1n) is 10.8. The van der Waals surface area contributed by atoms with Gasteiger partial charge in [-0.15, -0.1) is 0 Å². The van der Waals surface area contributed by atoms with Crippen LogP contribution in [0.3, 0.4) is 0 Å². The molecule has 7 heteroatoms. The fourth-order valence-corrected chi connectivity index (χ4v) is 7.57. The molecule has 2 aliphatic rings. The second-order valence-electron chi connectivity index (χ2n) is 8.44. The molecule has 0 saturated carbocycles. The third kappa shape index (κ3) is 5.09. The van der Waals surface area contributed by atoms with Gasteiger partial charge in [0, 0.05) is 34.7 Å². The molecular weight excluding hydrogens is 430 g/mol. The molecular formula is C24H27NO4S2. The lowest BCUT2D eigenvalue weighted by Gasteiger charge is -2.20. The lowest BCUT2D eigenvalue weighted by Crippen LogP contribution is -2.19. The summed E-state index contributed by atoms with van der Waals surface area (Å²) in [7, 11) is 3.87. The zero-order valence-electron chi connectivity index (χ0n) is 17.7. The second-order valence-corrected chi connectivity index (χ2v) is 11.4. The molecule has 1 saturated heterocycles. The first-order chi connectivity index (χ1) is 15.0. The SMILES string of the molecule is C[C@@]1(CCCCC(=O)OC(=O)C2CCn3c(C(=O)c4ccccc4)ccc32)CCSS1. The van der Waals surface area contributed by atoms with E-state index >= 15 is 0 Å². The van der Waals surface area contributed by atoms with E-state index in [1.54, 1.807) is 24.3 Å². The summed E-state index contributed by atoms with van der Waals surface area (Å²) in [5, 5.41) is 0. The molecule has 164 valence electrons. The van der Waals surface area contributed by atoms with Gasteiger partial charge >= 0.3 is 11.9 Å². The molecule has 2 atom stereocenters. The smallest absolute Gasteiger partial charge is 0.322 e. The quantitative estimate of drug-likeness (QED) is 0.174. The maximum Gasteiger partial charge on any atom is 0.322 e. The second kappa shape index (κ2) is 9.65. The van der Waals surface area contributed by atoms with Crippen LogP contribution in [0.1, 0.15) is 73.1 Å². The highest BCUT2D eigenvalue weighted by Gasteiger charge is 2.34. The summed E-state index contributed by atoms with van der Waals surface area (Å²) < 4.78 is 7.35. The number of unbranched alkanes of at least 4 members (excludes halogenated alkanes) is 1. The molecule has 31 heavy (non-hydrogen) atoms. The highest BCUT2D eigenvalue weighted by Crippen LogP contribution is 2.49. The Morgan fingerprint density at radius 2 is 1.94 bits per heavy atom. The van der Waals surface area contributed by atoms with Gasteiger partial charge in [0.2, 0.25) is 5.78 Å². The van der Waals surface area contributed by atoms with Gasteiger partial charge in [-0.05, 0) is 44.7 Å². The van der Waals surface area contributed by atoms with Crippen molar-refractivity contribution in [3.8, 4) is 0 Å². The van der Waals surface area contributed by atoms with Gasteiger partial charge in [0.1, 0.15) is 0 Å². The number of ether oxygens (including phenoxy) is 1. The van der Waals surface area contributed by atoms with Crippen molar-refractivity contribution in [1.82, 2.24) is 4.57 Å². The zero-order valence-corrected chi connectivity index (χ0v) is 19.3. The van der Waals surface area contributed by atoms with Crippen molar-refractivity contribution in [1.29, 1.82) is 0 Å². The average Bonchev–Trinajstić information content (AvgIpc) is 3.48. The minimum Gasteiger partial charge on any atom is -0.393 e. The van der Waals surface area contributed by atoms with E-state index in [1.807, 2.05) is 44.4 Å². The predicted octanol–water partition coefficient (Wildman–Crippen LogP) is 5.38. The van der Waals surface area contributed by atoms with E-state index in [4.69, 9.17) is 4.74 Å². The standard InChI is InChI=1S/C24H27NO4S2/c1-24(14-16-30-31-24)13-6-5-9-21(26)29-23(28)18-12-15-25-19(18)10-11-20(25)22(27)17-7-3-2-4-8-17/h2-4,7-8,10-11,18H,5-6,9,12-16H2,1H3/t18?,24-/m1/s1. The largest absolute Gasteiger partial charge is 0.393 e. The zero-order chi connectivity index (χ0) is 21.8. The molecule has 5 nitrogen and oxygen atoms in total. The van der Waals surface area contributed by atoms with E-state index in [0.717, 1.165) is 25.0 Å². The molecule has 2 aliphatic heterocycles. The Hall–Kier alpha value is -1.99. The third-order valence-electron chi connectivity index (χ3n) is 6.09. The van der Waals surface area contributed by atoms with Crippen molar-refractivity contribution in [3.05, 3.63) is 59.4 Å². The first kappa shape index (κ1) is 22.2. The van der Waals surface area contributed by atoms with Crippen LogP contribution in [0, 0.1) is 0 Å². The monoisotopic (exact) mass is 457 g/mol. The number of esters is 2. The maximum atomic E-state index is 12.8. The number of hydrogen-bond donors (Lipinski definition) is 0. The fraction of sp³-hybridized carbons (Fsp3) is 0.458.